The number of aliphatic carboxylic acids is 2. The molecule has 4 aromatic rings. The third-order valence-corrected chi connectivity index (χ3v) is 9.50. The van der Waals surface area contributed by atoms with Crippen LogP contribution in [0.5, 0.6) is 0 Å². The van der Waals surface area contributed by atoms with Crippen molar-refractivity contribution in [3.8, 4) is 22.3 Å². The summed E-state index contributed by atoms with van der Waals surface area (Å²) in [6.45, 7) is 0.579. The van der Waals surface area contributed by atoms with Gasteiger partial charge in [0.15, 0.2) is 0 Å². The fourth-order valence-electron chi connectivity index (χ4n) is 6.90. The first-order chi connectivity index (χ1) is 27.2. The van der Waals surface area contributed by atoms with Gasteiger partial charge in [0.2, 0.25) is 0 Å². The number of benzene rings is 4. The van der Waals surface area contributed by atoms with Gasteiger partial charge in [-0.1, -0.05) is 107 Å². The Morgan fingerprint density at radius 2 is 0.875 bits per heavy atom. The summed E-state index contributed by atoms with van der Waals surface area (Å²) in [4.78, 5) is 52.2. The predicted octanol–water partition coefficient (Wildman–Crippen LogP) is 8.14. The first-order valence-electron chi connectivity index (χ1n) is 17.9. The molecule has 0 saturated carbocycles. The molecule has 0 unspecified atom stereocenters. The van der Waals surface area contributed by atoms with Crippen LogP contribution in [0.4, 0.5) is 9.59 Å². The van der Waals surface area contributed by atoms with E-state index in [0.29, 0.717) is 12.8 Å². The van der Waals surface area contributed by atoms with Gasteiger partial charge in [0.1, 0.15) is 25.3 Å². The van der Waals surface area contributed by atoms with Crippen molar-refractivity contribution in [3.63, 3.8) is 0 Å². The zero-order valence-electron chi connectivity index (χ0n) is 30.2. The van der Waals surface area contributed by atoms with E-state index in [0.717, 1.165) is 44.5 Å². The number of nitrogens with zero attached hydrogens (tertiary/aromatic N) is 6. The molecule has 16 heteroatoms. The molecule has 288 valence electrons. The van der Waals surface area contributed by atoms with Gasteiger partial charge in [0, 0.05) is 34.7 Å². The Labute approximate surface area is 321 Å². The SMILES string of the molecule is [N-]=[N+]=NCCC[C@@H](NC(=O)OCC1c2ccccc2-c2ccccc21)C(=O)O.[N-]=[N+]=NCCC[C@H](NC(=O)OCC1c2ccccc2-c2ccccc21)C(=O)O. The van der Waals surface area contributed by atoms with Gasteiger partial charge in [0.05, 0.1) is 0 Å². The van der Waals surface area contributed by atoms with Crippen molar-refractivity contribution >= 4 is 24.1 Å². The summed E-state index contributed by atoms with van der Waals surface area (Å²) >= 11 is 0. The van der Waals surface area contributed by atoms with Crippen molar-refractivity contribution in [2.24, 2.45) is 10.2 Å². The van der Waals surface area contributed by atoms with Crippen LogP contribution in [0.1, 0.15) is 59.8 Å². The molecule has 0 saturated heterocycles. The highest BCUT2D eigenvalue weighted by atomic mass is 16.6. The topological polar surface area (TPSA) is 249 Å². The molecule has 2 aliphatic rings. The number of hydrogen-bond acceptors (Lipinski definition) is 8. The quantitative estimate of drug-likeness (QED) is 0.0374. The van der Waals surface area contributed by atoms with Gasteiger partial charge in [0.25, 0.3) is 0 Å². The Morgan fingerprint density at radius 3 is 1.16 bits per heavy atom. The van der Waals surface area contributed by atoms with Gasteiger partial charge >= 0.3 is 24.1 Å². The standard InChI is InChI=1S/2C20H20N4O4/c2*21-24-22-11-5-10-18(19(25)26)23-20(27)28-12-17-15-8-3-1-6-13(15)14-7-2-4-9-16(14)17/h2*1-4,6-9,17-18H,5,10-12H2,(H,23,27)(H,25,26)/t2*18-/m10/s1. The largest absolute Gasteiger partial charge is 0.480 e. The summed E-state index contributed by atoms with van der Waals surface area (Å²) in [5.74, 6) is -2.50. The van der Waals surface area contributed by atoms with Gasteiger partial charge in [-0.2, -0.15) is 0 Å². The van der Waals surface area contributed by atoms with Crippen molar-refractivity contribution in [1.82, 2.24) is 10.6 Å². The van der Waals surface area contributed by atoms with Gasteiger partial charge in [-0.05, 0) is 81.3 Å². The van der Waals surface area contributed by atoms with E-state index in [-0.39, 0.29) is 51.0 Å². The number of ether oxygens (including phenoxy) is 2. The van der Waals surface area contributed by atoms with Crippen LogP contribution in [-0.2, 0) is 19.1 Å². The lowest BCUT2D eigenvalue weighted by molar-refractivity contribution is -0.140. The van der Waals surface area contributed by atoms with Crippen LogP contribution in [0.2, 0.25) is 0 Å². The van der Waals surface area contributed by atoms with Gasteiger partial charge in [-0.3, -0.25) is 0 Å². The minimum absolute atomic E-state index is 0.0913. The van der Waals surface area contributed by atoms with E-state index in [1.165, 1.54) is 0 Å². The third kappa shape index (κ3) is 10.1. The molecule has 4 N–H and O–H groups in total. The molecular weight excluding hydrogens is 720 g/mol. The van der Waals surface area contributed by atoms with E-state index in [1.54, 1.807) is 0 Å². The van der Waals surface area contributed by atoms with Crippen LogP contribution in [0.25, 0.3) is 43.1 Å². The zero-order chi connectivity index (χ0) is 39.9. The molecule has 2 aliphatic carbocycles. The lowest BCUT2D eigenvalue weighted by Crippen LogP contribution is -2.41. The maximum absolute atomic E-state index is 12.1. The fraction of sp³-hybridized carbons (Fsp3) is 0.300. The predicted molar refractivity (Wildman–Crippen MR) is 206 cm³/mol. The molecule has 2 amide bonds. The van der Waals surface area contributed by atoms with Crippen LogP contribution in [0.15, 0.2) is 107 Å². The highest BCUT2D eigenvalue weighted by Gasteiger charge is 2.31. The minimum Gasteiger partial charge on any atom is -0.480 e. The molecule has 0 bridgehead atoms. The summed E-state index contributed by atoms with van der Waals surface area (Å²) in [6, 6.07) is 29.7. The van der Waals surface area contributed by atoms with Crippen molar-refractivity contribution in [3.05, 3.63) is 140 Å². The number of amides is 2. The van der Waals surface area contributed by atoms with Crippen LogP contribution in [-0.4, -0.2) is 72.7 Å². The molecular formula is C40H40N8O8. The smallest absolute Gasteiger partial charge is 0.407 e. The first kappa shape index (κ1) is 40.2. The lowest BCUT2D eigenvalue weighted by atomic mass is 9.98. The van der Waals surface area contributed by atoms with Crippen LogP contribution < -0.4 is 10.6 Å². The molecule has 4 aromatic carbocycles. The zero-order valence-corrected chi connectivity index (χ0v) is 30.2. The van der Waals surface area contributed by atoms with E-state index in [2.05, 4.69) is 30.7 Å². The number of carbonyl (C=O) groups is 4. The Balaban J connectivity index is 0.000000214. The number of carboxylic acid groups (broad SMARTS) is 2. The molecule has 0 heterocycles. The van der Waals surface area contributed by atoms with Crippen LogP contribution in [0, 0.1) is 0 Å². The summed E-state index contributed by atoms with van der Waals surface area (Å²) in [7, 11) is 0. The molecule has 0 aliphatic heterocycles. The summed E-state index contributed by atoms with van der Waals surface area (Å²) < 4.78 is 10.7. The van der Waals surface area contributed by atoms with Crippen molar-refractivity contribution in [2.75, 3.05) is 26.3 Å². The minimum atomic E-state index is -1.16. The average molecular weight is 761 g/mol. The first-order valence-corrected chi connectivity index (χ1v) is 17.9. The van der Waals surface area contributed by atoms with Crippen molar-refractivity contribution < 1.29 is 38.9 Å². The molecule has 0 aromatic heterocycles. The van der Waals surface area contributed by atoms with E-state index >= 15 is 0 Å². The van der Waals surface area contributed by atoms with E-state index in [1.807, 2.05) is 97.1 Å². The van der Waals surface area contributed by atoms with E-state index in [9.17, 15) is 29.4 Å². The molecule has 2 atom stereocenters. The Hall–Kier alpha value is -7.02. The normalized spacial score (nSPS) is 13.0. The highest BCUT2D eigenvalue weighted by Crippen LogP contribution is 2.45. The number of fused-ring (bicyclic) bond motifs is 6. The van der Waals surface area contributed by atoms with E-state index in [4.69, 9.17) is 20.5 Å². The number of azide groups is 2. The second-order valence-electron chi connectivity index (χ2n) is 12.9. The molecule has 0 radical (unpaired) electrons. The van der Waals surface area contributed by atoms with Crippen LogP contribution >= 0.6 is 0 Å². The van der Waals surface area contributed by atoms with Crippen LogP contribution in [0.3, 0.4) is 0 Å². The number of rotatable bonds is 16. The molecule has 6 rings (SSSR count). The molecule has 0 spiro atoms. The highest BCUT2D eigenvalue weighted by molar-refractivity contribution is 5.82. The maximum atomic E-state index is 12.1. The van der Waals surface area contributed by atoms with E-state index < -0.39 is 36.2 Å². The van der Waals surface area contributed by atoms with Crippen molar-refractivity contribution in [2.45, 2.75) is 49.6 Å². The average Bonchev–Trinajstić information content (AvgIpc) is 3.71. The Morgan fingerprint density at radius 1 is 0.571 bits per heavy atom. The van der Waals surface area contributed by atoms with Gasteiger partial charge < -0.3 is 30.3 Å². The second-order valence-corrected chi connectivity index (χ2v) is 12.9. The Bertz CT molecular complexity index is 1910. The number of carboxylic acids is 2. The monoisotopic (exact) mass is 760 g/mol. The molecule has 0 fully saturated rings. The van der Waals surface area contributed by atoms with Gasteiger partial charge in [-0.25, -0.2) is 19.2 Å². The Kier molecular flexibility index (Phi) is 14.3. The maximum Gasteiger partial charge on any atom is 0.407 e. The molecule has 16 nitrogen and oxygen atoms in total. The number of nitrogens with one attached hydrogen (secondary N) is 2. The summed E-state index contributed by atoms with van der Waals surface area (Å²) in [6.07, 6.45) is -0.553. The number of alkyl carbamates (subject to hydrolysis) is 2. The third-order valence-electron chi connectivity index (χ3n) is 9.50. The van der Waals surface area contributed by atoms with Gasteiger partial charge in [-0.15, -0.1) is 0 Å². The number of hydrogen-bond donors (Lipinski definition) is 4. The second kappa shape index (κ2) is 19.9. The lowest BCUT2D eigenvalue weighted by Gasteiger charge is -2.17. The number of carbonyl (C=O) groups excluding carboxylic acids is 2. The van der Waals surface area contributed by atoms with Crippen molar-refractivity contribution in [1.29, 1.82) is 0 Å². The fourth-order valence-corrected chi connectivity index (χ4v) is 6.90. The summed E-state index contributed by atoms with van der Waals surface area (Å²) in [5.41, 5.74) is 25.3. The molecule has 56 heavy (non-hydrogen) atoms. The summed E-state index contributed by atoms with van der Waals surface area (Å²) in [5, 5.41) is 29.9.